The van der Waals surface area contributed by atoms with Crippen LogP contribution in [0.5, 0.6) is 0 Å². The Morgan fingerprint density at radius 2 is 1.81 bits per heavy atom. The van der Waals surface area contributed by atoms with Crippen LogP contribution in [-0.2, 0) is 9.53 Å². The molecule has 1 aliphatic carbocycles. The largest absolute Gasteiger partial charge is 0.466 e. The zero-order chi connectivity index (χ0) is 15.3. The van der Waals surface area contributed by atoms with Crippen LogP contribution in [0.3, 0.4) is 0 Å². The van der Waals surface area contributed by atoms with Crippen molar-refractivity contribution in [3.8, 4) is 0 Å². The molecule has 0 aromatic heterocycles. The van der Waals surface area contributed by atoms with E-state index in [0.717, 1.165) is 37.5 Å². The Hall–Kier alpha value is -0.790. The Morgan fingerprint density at radius 3 is 2.57 bits per heavy atom. The number of hydrogen-bond donors (Lipinski definition) is 0. The highest BCUT2D eigenvalue weighted by molar-refractivity contribution is 5.69. The second-order valence-electron chi connectivity index (χ2n) is 6.43. The molecule has 0 N–H and O–H groups in total. The van der Waals surface area contributed by atoms with E-state index < -0.39 is 0 Å². The third-order valence-electron chi connectivity index (χ3n) is 4.39. The first-order chi connectivity index (χ1) is 10.3. The van der Waals surface area contributed by atoms with Gasteiger partial charge in [-0.1, -0.05) is 51.7 Å². The predicted molar refractivity (Wildman–Crippen MR) is 89.2 cm³/mol. The van der Waals surface area contributed by atoms with Crippen LogP contribution in [0.4, 0.5) is 0 Å². The van der Waals surface area contributed by atoms with Gasteiger partial charge in [0.25, 0.3) is 0 Å². The number of esters is 1. The minimum atomic E-state index is -0.00327. The maximum absolute atomic E-state index is 11.5. The second-order valence-corrected chi connectivity index (χ2v) is 6.43. The number of unbranched alkanes of at least 4 members (excludes halogenated alkanes) is 5. The standard InChI is InChI=1S/C19H34O2/c1-3-5-7-8-9-11-12-17-16-18(17)14-15-21-19(20)13-10-6-4-2/h9,11,17-18H,3-8,10,12-16H2,1-2H3. The summed E-state index contributed by atoms with van der Waals surface area (Å²) in [5, 5.41) is 0. The Kier molecular flexibility index (Phi) is 10.3. The molecule has 21 heavy (non-hydrogen) atoms. The quantitative estimate of drug-likeness (QED) is 0.249. The number of carbonyl (C=O) groups is 1. The average molecular weight is 294 g/mol. The molecule has 0 aromatic carbocycles. The number of hydrogen-bond acceptors (Lipinski definition) is 2. The van der Waals surface area contributed by atoms with Crippen molar-refractivity contribution >= 4 is 5.97 Å². The van der Waals surface area contributed by atoms with Crippen molar-refractivity contribution in [3.05, 3.63) is 12.2 Å². The zero-order valence-corrected chi connectivity index (χ0v) is 14.1. The van der Waals surface area contributed by atoms with E-state index in [-0.39, 0.29) is 5.97 Å². The van der Waals surface area contributed by atoms with Gasteiger partial charge in [0.1, 0.15) is 0 Å². The molecule has 1 rings (SSSR count). The van der Waals surface area contributed by atoms with E-state index in [4.69, 9.17) is 4.74 Å². The molecular formula is C19H34O2. The molecule has 0 heterocycles. The third-order valence-corrected chi connectivity index (χ3v) is 4.39. The summed E-state index contributed by atoms with van der Waals surface area (Å²) in [6, 6.07) is 0. The van der Waals surface area contributed by atoms with Gasteiger partial charge in [-0.05, 0) is 50.4 Å². The molecule has 1 saturated carbocycles. The Labute approximate surface area is 131 Å². The fraction of sp³-hybridized carbons (Fsp3) is 0.842. The van der Waals surface area contributed by atoms with Gasteiger partial charge in [0.15, 0.2) is 0 Å². The van der Waals surface area contributed by atoms with Crippen LogP contribution in [0.25, 0.3) is 0 Å². The van der Waals surface area contributed by atoms with Crippen LogP contribution in [0.1, 0.15) is 84.5 Å². The van der Waals surface area contributed by atoms with E-state index in [1.165, 1.54) is 38.5 Å². The fourth-order valence-corrected chi connectivity index (χ4v) is 2.77. The second kappa shape index (κ2) is 11.8. The molecule has 2 heteroatoms. The number of rotatable bonds is 13. The maximum atomic E-state index is 11.5. The maximum Gasteiger partial charge on any atom is 0.305 e. The summed E-state index contributed by atoms with van der Waals surface area (Å²) >= 11 is 0. The Balaban J connectivity index is 1.91. The minimum absolute atomic E-state index is 0.00327. The van der Waals surface area contributed by atoms with E-state index in [2.05, 4.69) is 26.0 Å². The number of ether oxygens (including phenoxy) is 1. The summed E-state index contributed by atoms with van der Waals surface area (Å²) in [6.45, 7) is 5.03. The molecule has 122 valence electrons. The van der Waals surface area contributed by atoms with Crippen LogP contribution in [0, 0.1) is 11.8 Å². The monoisotopic (exact) mass is 294 g/mol. The van der Waals surface area contributed by atoms with Crippen LogP contribution in [0.15, 0.2) is 12.2 Å². The Morgan fingerprint density at radius 1 is 1.05 bits per heavy atom. The zero-order valence-electron chi connectivity index (χ0n) is 14.1. The van der Waals surface area contributed by atoms with Crippen molar-refractivity contribution in [2.24, 2.45) is 11.8 Å². The molecule has 2 nitrogen and oxygen atoms in total. The van der Waals surface area contributed by atoms with Gasteiger partial charge in [0, 0.05) is 6.42 Å². The lowest BCUT2D eigenvalue weighted by molar-refractivity contribution is -0.144. The van der Waals surface area contributed by atoms with Gasteiger partial charge < -0.3 is 4.74 Å². The first kappa shape index (κ1) is 18.3. The third kappa shape index (κ3) is 9.71. The molecule has 0 aliphatic heterocycles. The lowest BCUT2D eigenvalue weighted by Gasteiger charge is -2.04. The van der Waals surface area contributed by atoms with Crippen LogP contribution >= 0.6 is 0 Å². The lowest BCUT2D eigenvalue weighted by Crippen LogP contribution is -2.06. The van der Waals surface area contributed by atoms with Gasteiger partial charge in [0.2, 0.25) is 0 Å². The molecule has 1 fully saturated rings. The van der Waals surface area contributed by atoms with Crippen molar-refractivity contribution < 1.29 is 9.53 Å². The van der Waals surface area contributed by atoms with Gasteiger partial charge in [-0.25, -0.2) is 0 Å². The first-order valence-electron chi connectivity index (χ1n) is 9.08. The molecule has 0 saturated heterocycles. The fourth-order valence-electron chi connectivity index (χ4n) is 2.77. The molecule has 2 unspecified atom stereocenters. The molecule has 0 bridgehead atoms. The molecule has 1 aliphatic rings. The smallest absolute Gasteiger partial charge is 0.305 e. The van der Waals surface area contributed by atoms with Crippen LogP contribution < -0.4 is 0 Å². The van der Waals surface area contributed by atoms with E-state index in [1.54, 1.807) is 0 Å². The minimum Gasteiger partial charge on any atom is -0.466 e. The van der Waals surface area contributed by atoms with Crippen LogP contribution in [0.2, 0.25) is 0 Å². The van der Waals surface area contributed by atoms with Crippen LogP contribution in [-0.4, -0.2) is 12.6 Å². The SMILES string of the molecule is CCCCCC=CCC1CC1CCOC(=O)CCCCC. The predicted octanol–water partition coefficient (Wildman–Crippen LogP) is 5.66. The molecule has 0 spiro atoms. The lowest BCUT2D eigenvalue weighted by atomic mass is 10.1. The van der Waals surface area contributed by atoms with Crippen molar-refractivity contribution in [2.75, 3.05) is 6.61 Å². The van der Waals surface area contributed by atoms with Gasteiger partial charge in [-0.3, -0.25) is 4.79 Å². The summed E-state index contributed by atoms with van der Waals surface area (Å²) < 4.78 is 5.30. The van der Waals surface area contributed by atoms with E-state index >= 15 is 0 Å². The van der Waals surface area contributed by atoms with Gasteiger partial charge >= 0.3 is 5.97 Å². The summed E-state index contributed by atoms with van der Waals surface area (Å²) in [6.07, 6.45) is 17.4. The van der Waals surface area contributed by atoms with Crippen molar-refractivity contribution in [1.29, 1.82) is 0 Å². The first-order valence-corrected chi connectivity index (χ1v) is 9.08. The molecule has 0 aromatic rings. The topological polar surface area (TPSA) is 26.3 Å². The summed E-state index contributed by atoms with van der Waals surface area (Å²) in [5.74, 6) is 1.65. The summed E-state index contributed by atoms with van der Waals surface area (Å²) in [7, 11) is 0. The molecule has 0 radical (unpaired) electrons. The average Bonchev–Trinajstić information content (AvgIpc) is 3.21. The van der Waals surface area contributed by atoms with Gasteiger partial charge in [-0.2, -0.15) is 0 Å². The molecular weight excluding hydrogens is 260 g/mol. The van der Waals surface area contributed by atoms with E-state index in [9.17, 15) is 4.79 Å². The van der Waals surface area contributed by atoms with Crippen molar-refractivity contribution in [1.82, 2.24) is 0 Å². The number of carbonyl (C=O) groups excluding carboxylic acids is 1. The van der Waals surface area contributed by atoms with Crippen molar-refractivity contribution in [3.63, 3.8) is 0 Å². The van der Waals surface area contributed by atoms with Crippen molar-refractivity contribution in [2.45, 2.75) is 84.5 Å². The Bertz CT molecular complexity index is 296. The number of allylic oxidation sites excluding steroid dienone is 2. The normalized spacial score (nSPS) is 20.9. The van der Waals surface area contributed by atoms with E-state index in [0.29, 0.717) is 13.0 Å². The van der Waals surface area contributed by atoms with Gasteiger partial charge in [0.05, 0.1) is 6.61 Å². The van der Waals surface area contributed by atoms with E-state index in [1.807, 2.05) is 0 Å². The molecule has 0 amide bonds. The highest BCUT2D eigenvalue weighted by Gasteiger charge is 2.35. The summed E-state index contributed by atoms with van der Waals surface area (Å²) in [5.41, 5.74) is 0. The molecule has 2 atom stereocenters. The highest BCUT2D eigenvalue weighted by Crippen LogP contribution is 2.43. The highest BCUT2D eigenvalue weighted by atomic mass is 16.5. The van der Waals surface area contributed by atoms with Gasteiger partial charge in [-0.15, -0.1) is 0 Å². The summed E-state index contributed by atoms with van der Waals surface area (Å²) in [4.78, 5) is 11.5.